The molecule has 21 heavy (non-hydrogen) atoms. The van der Waals surface area contributed by atoms with Crippen LogP contribution >= 0.6 is 11.6 Å². The van der Waals surface area contributed by atoms with E-state index in [-0.39, 0.29) is 6.61 Å². The van der Waals surface area contributed by atoms with E-state index < -0.39 is 17.2 Å². The summed E-state index contributed by atoms with van der Waals surface area (Å²) in [5, 5.41) is 10.5. The topological polar surface area (TPSA) is 48.2 Å². The predicted molar refractivity (Wildman–Crippen MR) is 81.1 cm³/mol. The monoisotopic (exact) mass is 323 g/mol. The summed E-state index contributed by atoms with van der Waals surface area (Å²) >= 11 is 4.33. The van der Waals surface area contributed by atoms with E-state index in [1.54, 1.807) is 36.5 Å². The van der Waals surface area contributed by atoms with Gasteiger partial charge in [0.15, 0.2) is 4.90 Å². The molecule has 3 aromatic rings. The van der Waals surface area contributed by atoms with Gasteiger partial charge in [-0.1, -0.05) is 11.6 Å². The molecule has 1 atom stereocenters. The van der Waals surface area contributed by atoms with Gasteiger partial charge in [0.2, 0.25) is 0 Å². The Morgan fingerprint density at radius 1 is 1.19 bits per heavy atom. The molecule has 0 bridgehead atoms. The fraction of sp³-hybridized carbons (Fsp3) is 0.0667. The Labute approximate surface area is 128 Å². The van der Waals surface area contributed by atoms with Crippen molar-refractivity contribution < 1.29 is 14.0 Å². The largest absolute Gasteiger partial charge is 0.587 e. The number of aromatic nitrogens is 1. The summed E-state index contributed by atoms with van der Waals surface area (Å²) in [5.41, 5.74) is 1.14. The van der Waals surface area contributed by atoms with Gasteiger partial charge in [0.05, 0.1) is 18.3 Å². The Kier molecular flexibility index (Phi) is 3.91. The first-order valence-corrected chi connectivity index (χ1v) is 7.67. The normalized spacial score (nSPS) is 12.8. The molecule has 0 fully saturated rings. The first kappa shape index (κ1) is 14.4. The van der Waals surface area contributed by atoms with Crippen LogP contribution in [0.25, 0.3) is 10.9 Å². The maximum Gasteiger partial charge on any atom is 0.180 e. The Morgan fingerprint density at radius 2 is 1.90 bits per heavy atom. The van der Waals surface area contributed by atoms with E-state index in [0.717, 1.165) is 0 Å². The number of rotatable bonds is 3. The van der Waals surface area contributed by atoms with Gasteiger partial charge in [-0.05, 0) is 42.5 Å². The molecule has 1 unspecified atom stereocenters. The van der Waals surface area contributed by atoms with Crippen LogP contribution in [0.4, 0.5) is 4.39 Å². The molecule has 2 aromatic carbocycles. The molecule has 0 radical (unpaired) electrons. The maximum absolute atomic E-state index is 13.3. The number of aliphatic hydroxyl groups excluding tert-OH is 1. The predicted octanol–water partition coefficient (Wildman–Crippen LogP) is 3.50. The van der Waals surface area contributed by atoms with Crippen molar-refractivity contribution in [3.8, 4) is 0 Å². The van der Waals surface area contributed by atoms with E-state index in [0.29, 0.717) is 26.4 Å². The lowest BCUT2D eigenvalue weighted by atomic mass is 10.2. The summed E-state index contributed by atoms with van der Waals surface area (Å²) in [6, 6.07) is 10.9. The van der Waals surface area contributed by atoms with E-state index in [2.05, 4.69) is 0 Å². The highest BCUT2D eigenvalue weighted by Crippen LogP contribution is 2.27. The van der Waals surface area contributed by atoms with Crippen molar-refractivity contribution in [1.82, 2.24) is 3.97 Å². The standard InChI is InChI=1S/C15H11ClFNO2S/c16-11-1-4-13(5-2-11)21(20)18-8-10(9-19)14-7-12(17)3-6-15(14)18/h1-8,19H,9H2. The molecule has 1 N–H and O–H groups in total. The van der Waals surface area contributed by atoms with Crippen molar-refractivity contribution in [3.05, 3.63) is 65.1 Å². The third kappa shape index (κ3) is 2.65. The van der Waals surface area contributed by atoms with Crippen molar-refractivity contribution in [2.45, 2.75) is 11.5 Å². The van der Waals surface area contributed by atoms with Crippen molar-refractivity contribution in [1.29, 1.82) is 0 Å². The number of nitrogens with zero attached hydrogens (tertiary/aromatic N) is 1. The summed E-state index contributed by atoms with van der Waals surface area (Å²) in [5.74, 6) is -0.396. The number of fused-ring (bicyclic) bond motifs is 1. The van der Waals surface area contributed by atoms with Gasteiger partial charge < -0.3 is 9.66 Å². The van der Waals surface area contributed by atoms with Gasteiger partial charge >= 0.3 is 0 Å². The average molecular weight is 324 g/mol. The molecule has 0 amide bonds. The quantitative estimate of drug-likeness (QED) is 0.750. The summed E-state index contributed by atoms with van der Waals surface area (Å²) in [4.78, 5) is 0.574. The molecule has 108 valence electrons. The SMILES string of the molecule is [O-][S+](c1ccc(Cl)cc1)n1cc(CO)c2cc(F)ccc21. The Morgan fingerprint density at radius 3 is 2.57 bits per heavy atom. The molecule has 0 aliphatic rings. The lowest BCUT2D eigenvalue weighted by Crippen LogP contribution is -2.11. The van der Waals surface area contributed by atoms with Gasteiger partial charge in [-0.15, -0.1) is 0 Å². The highest BCUT2D eigenvalue weighted by Gasteiger charge is 2.19. The van der Waals surface area contributed by atoms with Crippen molar-refractivity contribution >= 4 is 33.9 Å². The zero-order valence-corrected chi connectivity index (χ0v) is 12.4. The van der Waals surface area contributed by atoms with Crippen LogP contribution in [0, 0.1) is 5.82 Å². The van der Waals surface area contributed by atoms with Crippen LogP contribution in [0.15, 0.2) is 53.6 Å². The Balaban J connectivity index is 2.13. The van der Waals surface area contributed by atoms with E-state index >= 15 is 0 Å². The van der Waals surface area contributed by atoms with Gasteiger partial charge in [0, 0.05) is 16.0 Å². The number of aliphatic hydroxyl groups is 1. The molecule has 1 aromatic heterocycles. The van der Waals surface area contributed by atoms with Crippen LogP contribution in [-0.2, 0) is 18.0 Å². The van der Waals surface area contributed by atoms with Crippen LogP contribution < -0.4 is 0 Å². The second-order valence-corrected chi connectivity index (χ2v) is 6.30. The highest BCUT2D eigenvalue weighted by molar-refractivity contribution is 7.90. The molecule has 6 heteroatoms. The Hall–Kier alpha value is -1.53. The molecule has 0 saturated heterocycles. The fourth-order valence-corrected chi connectivity index (χ4v) is 3.45. The minimum absolute atomic E-state index is 0.245. The van der Waals surface area contributed by atoms with E-state index in [9.17, 15) is 14.0 Å². The molecule has 0 aliphatic heterocycles. The average Bonchev–Trinajstić information content (AvgIpc) is 2.85. The number of benzene rings is 2. The zero-order chi connectivity index (χ0) is 15.0. The van der Waals surface area contributed by atoms with Crippen molar-refractivity contribution in [3.63, 3.8) is 0 Å². The van der Waals surface area contributed by atoms with Crippen LogP contribution in [0.1, 0.15) is 5.56 Å². The molecule has 1 heterocycles. The summed E-state index contributed by atoms with van der Waals surface area (Å²) in [7, 11) is 0. The van der Waals surface area contributed by atoms with E-state index in [1.807, 2.05) is 0 Å². The fourth-order valence-electron chi connectivity index (χ4n) is 2.17. The molecular weight excluding hydrogens is 313 g/mol. The number of halogens is 2. The van der Waals surface area contributed by atoms with Crippen molar-refractivity contribution in [2.24, 2.45) is 0 Å². The zero-order valence-electron chi connectivity index (χ0n) is 10.8. The number of hydrogen-bond donors (Lipinski definition) is 1. The molecule has 0 spiro atoms. The van der Waals surface area contributed by atoms with Crippen LogP contribution in [0.5, 0.6) is 0 Å². The van der Waals surface area contributed by atoms with Crippen LogP contribution in [0.2, 0.25) is 5.02 Å². The minimum Gasteiger partial charge on any atom is -0.587 e. The van der Waals surface area contributed by atoms with Crippen LogP contribution in [-0.4, -0.2) is 13.6 Å². The van der Waals surface area contributed by atoms with E-state index in [1.165, 1.54) is 16.1 Å². The van der Waals surface area contributed by atoms with Gasteiger partial charge in [-0.2, -0.15) is 3.97 Å². The second kappa shape index (κ2) is 5.69. The smallest absolute Gasteiger partial charge is 0.180 e. The molecular formula is C15H11ClFNO2S. The Bertz CT molecular complexity index is 788. The molecule has 0 saturated carbocycles. The maximum atomic E-state index is 13.3. The number of hydrogen-bond acceptors (Lipinski definition) is 2. The minimum atomic E-state index is -1.49. The van der Waals surface area contributed by atoms with Gasteiger partial charge in [0.1, 0.15) is 17.2 Å². The molecule has 3 nitrogen and oxygen atoms in total. The summed E-state index contributed by atoms with van der Waals surface area (Å²) in [6.45, 7) is -0.245. The third-order valence-electron chi connectivity index (χ3n) is 3.18. The van der Waals surface area contributed by atoms with Gasteiger partial charge in [-0.3, -0.25) is 0 Å². The first-order chi connectivity index (χ1) is 10.1. The lowest BCUT2D eigenvalue weighted by Gasteiger charge is -2.11. The van der Waals surface area contributed by atoms with E-state index in [4.69, 9.17) is 11.6 Å². The molecule has 0 aliphatic carbocycles. The first-order valence-electron chi connectivity index (χ1n) is 6.18. The summed E-state index contributed by atoms with van der Waals surface area (Å²) in [6.07, 6.45) is 1.58. The second-order valence-electron chi connectivity index (χ2n) is 4.50. The third-order valence-corrected chi connectivity index (χ3v) is 4.77. The summed E-state index contributed by atoms with van der Waals surface area (Å²) < 4.78 is 27.5. The molecule has 3 rings (SSSR count). The van der Waals surface area contributed by atoms with Crippen molar-refractivity contribution in [2.75, 3.05) is 0 Å². The highest BCUT2D eigenvalue weighted by atomic mass is 35.5. The van der Waals surface area contributed by atoms with Crippen LogP contribution in [0.3, 0.4) is 0 Å². The van der Waals surface area contributed by atoms with Gasteiger partial charge in [0.25, 0.3) is 0 Å². The lowest BCUT2D eigenvalue weighted by molar-refractivity contribution is 0.283. The van der Waals surface area contributed by atoms with Gasteiger partial charge in [-0.25, -0.2) is 4.39 Å².